The van der Waals surface area contributed by atoms with Gasteiger partial charge in [0.05, 0.1) is 6.20 Å². The molecule has 0 saturated heterocycles. The van der Waals surface area contributed by atoms with Gasteiger partial charge in [-0.3, -0.25) is 4.79 Å². The number of pyridine rings is 1. The van der Waals surface area contributed by atoms with E-state index in [1.807, 2.05) is 19.1 Å². The summed E-state index contributed by atoms with van der Waals surface area (Å²) >= 11 is 4.71. The van der Waals surface area contributed by atoms with Crippen molar-refractivity contribution in [3.05, 3.63) is 33.5 Å². The molecule has 6 heteroatoms. The number of carbonyl (C=O) groups excluding carboxylic acids is 1. The number of halogens is 1. The molecule has 0 unspecified atom stereocenters. The van der Waals surface area contributed by atoms with Crippen molar-refractivity contribution in [1.29, 1.82) is 0 Å². The zero-order valence-electron chi connectivity index (χ0n) is 9.32. The number of carbonyl (C=O) groups is 1. The van der Waals surface area contributed by atoms with Gasteiger partial charge in [-0.25, -0.2) is 9.97 Å². The molecule has 0 radical (unpaired) electrons. The fourth-order valence-electron chi connectivity index (χ4n) is 1.39. The van der Waals surface area contributed by atoms with Gasteiger partial charge in [-0.2, -0.15) is 0 Å². The maximum atomic E-state index is 11.4. The van der Waals surface area contributed by atoms with Gasteiger partial charge in [0.2, 0.25) is 0 Å². The Hall–Kier alpha value is -1.27. The van der Waals surface area contributed by atoms with Crippen molar-refractivity contribution in [2.75, 3.05) is 7.05 Å². The number of amides is 1. The Kier molecular flexibility index (Phi) is 3.54. The zero-order chi connectivity index (χ0) is 12.4. The Morgan fingerprint density at radius 2 is 2.24 bits per heavy atom. The molecule has 88 valence electrons. The first-order chi connectivity index (χ1) is 8.10. The number of nitrogens with zero attached hydrogens (tertiary/aromatic N) is 2. The largest absolute Gasteiger partial charge is 0.354 e. The van der Waals surface area contributed by atoms with Crippen LogP contribution in [0.15, 0.2) is 22.9 Å². The number of aryl methyl sites for hydroxylation is 1. The molecule has 0 bridgehead atoms. The highest BCUT2D eigenvalue weighted by atomic mass is 79.9. The van der Waals surface area contributed by atoms with Crippen molar-refractivity contribution in [1.82, 2.24) is 15.3 Å². The number of rotatable bonds is 2. The summed E-state index contributed by atoms with van der Waals surface area (Å²) in [5.74, 6) is -0.112. The van der Waals surface area contributed by atoms with E-state index >= 15 is 0 Å². The molecule has 2 aromatic heterocycles. The maximum Gasteiger partial charge on any atom is 0.262 e. The van der Waals surface area contributed by atoms with Gasteiger partial charge in [0.1, 0.15) is 14.5 Å². The summed E-state index contributed by atoms with van der Waals surface area (Å²) in [6, 6.07) is 3.83. The van der Waals surface area contributed by atoms with E-state index in [1.54, 1.807) is 13.2 Å². The standard InChI is InChI=1S/C11H10BrN3OS/c1-6-3-7(4-9(12)15-6)11-14-5-8(17-11)10(16)13-2/h3-5H,1-2H3,(H,13,16). The third-order valence-corrected chi connectivity index (χ3v) is 3.58. The molecule has 1 N–H and O–H groups in total. The average Bonchev–Trinajstić information content (AvgIpc) is 2.76. The van der Waals surface area contributed by atoms with Gasteiger partial charge >= 0.3 is 0 Å². The van der Waals surface area contributed by atoms with E-state index in [-0.39, 0.29) is 5.91 Å². The number of nitrogens with one attached hydrogen (secondary N) is 1. The number of hydrogen-bond acceptors (Lipinski definition) is 4. The van der Waals surface area contributed by atoms with E-state index in [0.717, 1.165) is 20.9 Å². The molecule has 0 atom stereocenters. The van der Waals surface area contributed by atoms with Gasteiger partial charge < -0.3 is 5.32 Å². The van der Waals surface area contributed by atoms with Crippen molar-refractivity contribution in [3.63, 3.8) is 0 Å². The maximum absolute atomic E-state index is 11.4. The molecule has 4 nitrogen and oxygen atoms in total. The molecule has 17 heavy (non-hydrogen) atoms. The van der Waals surface area contributed by atoms with Crippen molar-refractivity contribution in [3.8, 4) is 10.6 Å². The highest BCUT2D eigenvalue weighted by Crippen LogP contribution is 2.27. The van der Waals surface area contributed by atoms with Crippen LogP contribution in [-0.2, 0) is 0 Å². The van der Waals surface area contributed by atoms with Gasteiger partial charge in [-0.05, 0) is 35.0 Å². The smallest absolute Gasteiger partial charge is 0.262 e. The molecule has 0 aromatic carbocycles. The highest BCUT2D eigenvalue weighted by Gasteiger charge is 2.10. The second-order valence-corrected chi connectivity index (χ2v) is 5.27. The Morgan fingerprint density at radius 1 is 1.47 bits per heavy atom. The molecule has 0 saturated carbocycles. The van der Waals surface area contributed by atoms with Gasteiger partial charge in [0, 0.05) is 18.3 Å². The summed E-state index contributed by atoms with van der Waals surface area (Å²) in [6.45, 7) is 1.92. The average molecular weight is 312 g/mol. The first-order valence-corrected chi connectivity index (χ1v) is 6.53. The third-order valence-electron chi connectivity index (χ3n) is 2.13. The predicted octanol–water partition coefficient (Wildman–Crippen LogP) is 2.64. The topological polar surface area (TPSA) is 54.9 Å². The summed E-state index contributed by atoms with van der Waals surface area (Å²) in [5.41, 5.74) is 1.87. The fourth-order valence-corrected chi connectivity index (χ4v) is 2.76. The third kappa shape index (κ3) is 2.70. The van der Waals surface area contributed by atoms with E-state index in [1.165, 1.54) is 11.3 Å². The van der Waals surface area contributed by atoms with Crippen LogP contribution in [0.3, 0.4) is 0 Å². The van der Waals surface area contributed by atoms with Crippen LogP contribution >= 0.6 is 27.3 Å². The van der Waals surface area contributed by atoms with Crippen LogP contribution in [0.5, 0.6) is 0 Å². The minimum Gasteiger partial charge on any atom is -0.354 e. The second kappa shape index (κ2) is 4.93. The lowest BCUT2D eigenvalue weighted by Crippen LogP contribution is -2.16. The van der Waals surface area contributed by atoms with Gasteiger partial charge in [0.15, 0.2) is 0 Å². The van der Waals surface area contributed by atoms with Crippen LogP contribution in [0.25, 0.3) is 10.6 Å². The number of hydrogen-bond donors (Lipinski definition) is 1. The van der Waals surface area contributed by atoms with Crippen LogP contribution < -0.4 is 5.32 Å². The van der Waals surface area contributed by atoms with Crippen molar-refractivity contribution in [2.24, 2.45) is 0 Å². The minimum atomic E-state index is -0.112. The van der Waals surface area contributed by atoms with Crippen LogP contribution in [0.2, 0.25) is 0 Å². The van der Waals surface area contributed by atoms with Crippen molar-refractivity contribution >= 4 is 33.2 Å². The molecule has 0 aliphatic carbocycles. The molecular formula is C11H10BrN3OS. The van der Waals surface area contributed by atoms with Crippen molar-refractivity contribution < 1.29 is 4.79 Å². The summed E-state index contributed by atoms with van der Waals surface area (Å²) in [4.78, 5) is 20.5. The summed E-state index contributed by atoms with van der Waals surface area (Å²) in [7, 11) is 1.61. The molecule has 2 rings (SSSR count). The molecule has 0 spiro atoms. The van der Waals surface area contributed by atoms with Crippen LogP contribution in [0.4, 0.5) is 0 Å². The molecule has 0 fully saturated rings. The van der Waals surface area contributed by atoms with Gasteiger partial charge in [-0.1, -0.05) is 0 Å². The predicted molar refractivity (Wildman–Crippen MR) is 71.2 cm³/mol. The highest BCUT2D eigenvalue weighted by molar-refractivity contribution is 9.10. The SMILES string of the molecule is CNC(=O)c1cnc(-c2cc(C)nc(Br)c2)s1. The van der Waals surface area contributed by atoms with E-state index in [9.17, 15) is 4.79 Å². The molecule has 2 heterocycles. The van der Waals surface area contributed by atoms with E-state index in [2.05, 4.69) is 31.2 Å². The van der Waals surface area contributed by atoms with Gasteiger partial charge in [-0.15, -0.1) is 11.3 Å². The van der Waals surface area contributed by atoms with Crippen LogP contribution in [-0.4, -0.2) is 22.9 Å². The first kappa shape index (κ1) is 12.2. The summed E-state index contributed by atoms with van der Waals surface area (Å²) in [6.07, 6.45) is 1.59. The molecule has 1 amide bonds. The van der Waals surface area contributed by atoms with Crippen molar-refractivity contribution in [2.45, 2.75) is 6.92 Å². The number of thiazole rings is 1. The van der Waals surface area contributed by atoms with E-state index in [4.69, 9.17) is 0 Å². The van der Waals surface area contributed by atoms with Gasteiger partial charge in [0.25, 0.3) is 5.91 Å². The lowest BCUT2D eigenvalue weighted by Gasteiger charge is -1.99. The summed E-state index contributed by atoms with van der Waals surface area (Å²) < 4.78 is 0.768. The first-order valence-electron chi connectivity index (χ1n) is 4.92. The Balaban J connectivity index is 2.40. The Bertz CT molecular complexity index is 547. The minimum absolute atomic E-state index is 0.112. The molecule has 0 aliphatic heterocycles. The lowest BCUT2D eigenvalue weighted by molar-refractivity contribution is 0.0967. The fraction of sp³-hybridized carbons (Fsp3) is 0.182. The summed E-state index contributed by atoms with van der Waals surface area (Å²) in [5, 5.41) is 3.39. The molecule has 2 aromatic rings. The molecule has 0 aliphatic rings. The normalized spacial score (nSPS) is 10.3. The second-order valence-electron chi connectivity index (χ2n) is 3.43. The quantitative estimate of drug-likeness (QED) is 0.867. The zero-order valence-corrected chi connectivity index (χ0v) is 11.7. The van der Waals surface area contributed by atoms with E-state index < -0.39 is 0 Å². The molecular weight excluding hydrogens is 302 g/mol. The van der Waals surface area contributed by atoms with E-state index in [0.29, 0.717) is 4.88 Å². The van der Waals surface area contributed by atoms with Crippen LogP contribution in [0, 0.1) is 6.92 Å². The van der Waals surface area contributed by atoms with Crippen LogP contribution in [0.1, 0.15) is 15.4 Å². The lowest BCUT2D eigenvalue weighted by atomic mass is 10.2. The monoisotopic (exact) mass is 311 g/mol. The Labute approximate surface area is 111 Å². The Morgan fingerprint density at radius 3 is 2.88 bits per heavy atom. The number of aromatic nitrogens is 2.